The Labute approximate surface area is 312 Å². The van der Waals surface area contributed by atoms with Crippen LogP contribution < -0.4 is 21.3 Å². The van der Waals surface area contributed by atoms with Crippen LogP contribution in [0.15, 0.2) is 78.2 Å². The molecule has 6 N–H and O–H groups in total. The van der Waals surface area contributed by atoms with E-state index in [1.54, 1.807) is 44.2 Å². The van der Waals surface area contributed by atoms with Crippen molar-refractivity contribution in [2.24, 2.45) is 5.92 Å². The summed E-state index contributed by atoms with van der Waals surface area (Å²) in [5.41, 5.74) is 2.11. The lowest BCUT2D eigenvalue weighted by Gasteiger charge is -2.27. The van der Waals surface area contributed by atoms with Gasteiger partial charge in [0.25, 0.3) is 0 Å². The Hall–Kier alpha value is -5.84. The number of ether oxygens (including phenoxy) is 1. The summed E-state index contributed by atoms with van der Waals surface area (Å²) in [5.74, 6) is -5.96. The topological polar surface area (TPSA) is 247 Å². The number of aliphatic carboxylic acids is 2. The molecule has 4 atom stereocenters. The Balaban J connectivity index is 1.81. The van der Waals surface area contributed by atoms with Gasteiger partial charge in [-0.25, -0.2) is 13.2 Å². The number of alkyl carbamates (subject to hydrolysis) is 1. The lowest BCUT2D eigenvalue weighted by molar-refractivity contribution is -0.140. The van der Waals surface area contributed by atoms with E-state index in [2.05, 4.69) is 26.3 Å². The highest BCUT2D eigenvalue weighted by molar-refractivity contribution is 7.93. The van der Waals surface area contributed by atoms with Gasteiger partial charge < -0.3 is 36.2 Å². The number of amides is 4. The van der Waals surface area contributed by atoms with Crippen molar-refractivity contribution >= 4 is 56.5 Å². The zero-order chi connectivity index (χ0) is 39.8. The van der Waals surface area contributed by atoms with Gasteiger partial charge in [-0.1, -0.05) is 74.5 Å². The second-order valence-corrected chi connectivity index (χ2v) is 14.8. The average Bonchev–Trinajstić information content (AvgIpc) is 3.10. The van der Waals surface area contributed by atoms with Crippen molar-refractivity contribution in [1.29, 1.82) is 0 Å². The molecule has 0 saturated carbocycles. The Morgan fingerprint density at radius 1 is 0.778 bits per heavy atom. The van der Waals surface area contributed by atoms with Crippen LogP contribution in [0.25, 0.3) is 10.9 Å². The fraction of sp³-hybridized carbons (Fsp3) is 0.378. The van der Waals surface area contributed by atoms with E-state index < -0.39 is 88.5 Å². The predicted molar refractivity (Wildman–Crippen MR) is 197 cm³/mol. The van der Waals surface area contributed by atoms with Crippen molar-refractivity contribution in [2.45, 2.75) is 76.7 Å². The Morgan fingerprint density at radius 3 is 2.07 bits per heavy atom. The van der Waals surface area contributed by atoms with E-state index in [1.807, 2.05) is 36.4 Å². The summed E-state index contributed by atoms with van der Waals surface area (Å²) in [6, 6.07) is 14.4. The molecule has 0 fully saturated rings. The van der Waals surface area contributed by atoms with Gasteiger partial charge in [0, 0.05) is 22.7 Å². The molecule has 1 unspecified atom stereocenters. The van der Waals surface area contributed by atoms with Crippen molar-refractivity contribution in [1.82, 2.24) is 26.3 Å². The summed E-state index contributed by atoms with van der Waals surface area (Å²) in [6.07, 6.45) is 0.0325. The molecular weight excluding hydrogens is 722 g/mol. The maximum absolute atomic E-state index is 13.8. The van der Waals surface area contributed by atoms with E-state index >= 15 is 0 Å². The Bertz CT molecular complexity index is 1940. The normalized spacial score (nSPS) is 13.7. The van der Waals surface area contributed by atoms with Crippen LogP contribution >= 0.6 is 0 Å². The second kappa shape index (κ2) is 20.4. The fourth-order valence-corrected chi connectivity index (χ4v) is 5.70. The zero-order valence-corrected chi connectivity index (χ0v) is 30.9. The molecule has 0 aliphatic carbocycles. The number of hydrogen-bond donors (Lipinski definition) is 6. The molecule has 1 heterocycles. The summed E-state index contributed by atoms with van der Waals surface area (Å²) in [4.78, 5) is 81.1. The van der Waals surface area contributed by atoms with E-state index in [-0.39, 0.29) is 13.0 Å². The molecule has 3 aromatic rings. The minimum Gasteiger partial charge on any atom is -0.481 e. The SMILES string of the molecule is CC(C)[C@H](NC(=O)C(CCCc1ccc2ccccc2n1)NC(=O)[C@H](CC(=O)O)NC(=O)OCc1ccccc1)C(=O)N[C@H](/C=C/S(C)(=O)=O)CC(=O)O. The molecule has 290 valence electrons. The van der Waals surface area contributed by atoms with Crippen molar-refractivity contribution in [3.63, 3.8) is 0 Å². The number of fused-ring (bicyclic) bond motifs is 1. The van der Waals surface area contributed by atoms with Gasteiger partial charge in [0.15, 0.2) is 9.84 Å². The van der Waals surface area contributed by atoms with Gasteiger partial charge in [0.2, 0.25) is 17.7 Å². The van der Waals surface area contributed by atoms with E-state index in [0.717, 1.165) is 28.6 Å². The van der Waals surface area contributed by atoms with Crippen LogP contribution in [0.5, 0.6) is 0 Å². The van der Waals surface area contributed by atoms with Crippen LogP contribution in [-0.2, 0) is 51.6 Å². The molecule has 0 spiro atoms. The number of hydrogen-bond acceptors (Lipinski definition) is 10. The standard InChI is InChI=1S/C37H45N5O11S/c1-23(2)33(36(49)39-27(20-31(43)44)18-19-54(3,51)52)42-34(47)29(15-9-13-26-17-16-25-12-7-8-14-28(25)38-26)40-35(48)30(21-32(45)46)41-37(50)53-22-24-10-5-4-6-11-24/h4-8,10-12,14,16-19,23,27,29-30,33H,9,13,15,20-22H2,1-3H3,(H,39,49)(H,40,48)(H,41,50)(H,42,47)(H,43,44)(H,45,46)/b19-18+/t27-,29?,30+,33+/m1/s1. The van der Waals surface area contributed by atoms with Crippen molar-refractivity contribution in [3.05, 3.63) is 89.5 Å². The predicted octanol–water partition coefficient (Wildman–Crippen LogP) is 2.47. The first-order chi connectivity index (χ1) is 25.5. The molecule has 0 radical (unpaired) electrons. The quantitative estimate of drug-likeness (QED) is 0.0971. The number of aryl methyl sites for hydroxylation is 1. The molecule has 2 aromatic carbocycles. The molecule has 0 saturated heterocycles. The molecule has 17 heteroatoms. The van der Waals surface area contributed by atoms with Gasteiger partial charge in [-0.3, -0.25) is 29.0 Å². The molecule has 0 aliphatic rings. The minimum atomic E-state index is -3.66. The number of carbonyl (C=O) groups excluding carboxylic acids is 4. The van der Waals surface area contributed by atoms with Gasteiger partial charge in [0.1, 0.15) is 24.7 Å². The highest BCUT2D eigenvalue weighted by atomic mass is 32.2. The number of rotatable bonds is 20. The number of carboxylic acid groups (broad SMARTS) is 2. The van der Waals surface area contributed by atoms with Crippen LogP contribution in [0.1, 0.15) is 50.8 Å². The molecule has 16 nitrogen and oxygen atoms in total. The third-order valence-electron chi connectivity index (χ3n) is 7.94. The maximum Gasteiger partial charge on any atom is 0.408 e. The van der Waals surface area contributed by atoms with E-state index in [0.29, 0.717) is 24.1 Å². The van der Waals surface area contributed by atoms with Crippen LogP contribution in [0, 0.1) is 5.92 Å². The summed E-state index contributed by atoms with van der Waals surface area (Å²) >= 11 is 0. The van der Waals surface area contributed by atoms with Crippen molar-refractivity contribution < 1.29 is 52.1 Å². The molecule has 54 heavy (non-hydrogen) atoms. The number of sulfone groups is 1. The first kappa shape index (κ1) is 42.6. The molecule has 0 bridgehead atoms. The van der Waals surface area contributed by atoms with Gasteiger partial charge in [-0.15, -0.1) is 0 Å². The van der Waals surface area contributed by atoms with Crippen LogP contribution in [0.4, 0.5) is 4.79 Å². The number of benzene rings is 2. The number of carboxylic acids is 2. The summed E-state index contributed by atoms with van der Waals surface area (Å²) in [7, 11) is -3.66. The number of aromatic nitrogens is 1. The molecule has 1 aromatic heterocycles. The van der Waals surface area contributed by atoms with Crippen LogP contribution in [-0.4, -0.2) is 89.8 Å². The summed E-state index contributed by atoms with van der Waals surface area (Å²) in [6.45, 7) is 3.06. The molecule has 0 aliphatic heterocycles. The lowest BCUT2D eigenvalue weighted by Crippen LogP contribution is -2.58. The minimum absolute atomic E-state index is 0.00447. The lowest BCUT2D eigenvalue weighted by atomic mass is 10.0. The highest BCUT2D eigenvalue weighted by Gasteiger charge is 2.32. The zero-order valence-electron chi connectivity index (χ0n) is 30.1. The van der Waals surface area contributed by atoms with Crippen LogP contribution in [0.3, 0.4) is 0 Å². The molecule has 3 rings (SSSR count). The third-order valence-corrected chi connectivity index (χ3v) is 8.59. The van der Waals surface area contributed by atoms with Crippen LogP contribution in [0.2, 0.25) is 0 Å². The smallest absolute Gasteiger partial charge is 0.408 e. The first-order valence-electron chi connectivity index (χ1n) is 17.1. The van der Waals surface area contributed by atoms with Gasteiger partial charge in [0.05, 0.1) is 24.4 Å². The van der Waals surface area contributed by atoms with Crippen molar-refractivity contribution in [3.8, 4) is 0 Å². The molecule has 4 amide bonds. The number of pyridine rings is 1. The number of nitrogens with one attached hydrogen (secondary N) is 4. The van der Waals surface area contributed by atoms with E-state index in [4.69, 9.17) is 4.74 Å². The van der Waals surface area contributed by atoms with E-state index in [1.165, 1.54) is 0 Å². The summed E-state index contributed by atoms with van der Waals surface area (Å²) in [5, 5.41) is 30.3. The number of nitrogens with zero attached hydrogens (tertiary/aromatic N) is 1. The monoisotopic (exact) mass is 767 g/mol. The molecular formula is C37H45N5O11S. The highest BCUT2D eigenvalue weighted by Crippen LogP contribution is 2.15. The largest absolute Gasteiger partial charge is 0.481 e. The average molecular weight is 768 g/mol. The third kappa shape index (κ3) is 15.0. The Kier molecular flexibility index (Phi) is 16.1. The van der Waals surface area contributed by atoms with E-state index in [9.17, 15) is 47.4 Å². The van der Waals surface area contributed by atoms with Gasteiger partial charge in [-0.2, -0.15) is 0 Å². The Morgan fingerprint density at radius 2 is 1.43 bits per heavy atom. The van der Waals surface area contributed by atoms with Gasteiger partial charge in [-0.05, 0) is 42.9 Å². The number of para-hydroxylation sites is 1. The first-order valence-corrected chi connectivity index (χ1v) is 19.0. The number of carbonyl (C=O) groups is 6. The van der Waals surface area contributed by atoms with Crippen molar-refractivity contribution in [2.75, 3.05) is 6.26 Å². The maximum atomic E-state index is 13.8. The summed E-state index contributed by atoms with van der Waals surface area (Å²) < 4.78 is 28.4. The fourth-order valence-electron chi connectivity index (χ4n) is 5.22. The van der Waals surface area contributed by atoms with Gasteiger partial charge >= 0.3 is 18.0 Å². The second-order valence-electron chi connectivity index (χ2n) is 12.9.